The molecule has 0 aromatic carbocycles. The smallest absolute Gasteiger partial charge is 0.314 e. The number of carbonyl (C=O) groups is 1. The van der Waals surface area contributed by atoms with Crippen molar-refractivity contribution in [3.8, 4) is 0 Å². The first-order chi connectivity index (χ1) is 9.18. The minimum absolute atomic E-state index is 0.128. The van der Waals surface area contributed by atoms with Crippen LogP contribution in [0, 0.1) is 10.1 Å². The lowest BCUT2D eigenvalue weighted by atomic mass is 10.1. The molecule has 0 saturated carbocycles. The van der Waals surface area contributed by atoms with Crippen LogP contribution in [0.2, 0.25) is 0 Å². The van der Waals surface area contributed by atoms with Gasteiger partial charge in [0.15, 0.2) is 0 Å². The number of nitrogens with one attached hydrogen (secondary N) is 2. The van der Waals surface area contributed by atoms with Crippen molar-refractivity contribution in [3.05, 3.63) is 10.1 Å². The lowest BCUT2D eigenvalue weighted by molar-refractivity contribution is -0.757. The Balaban J connectivity index is 1.85. The maximum absolute atomic E-state index is 11.3. The molecule has 1 fully saturated rings. The third kappa shape index (κ3) is 8.82. The lowest BCUT2D eigenvalue weighted by Crippen LogP contribution is -2.38. The summed E-state index contributed by atoms with van der Waals surface area (Å²) in [5.74, 6) is 1.25. The third-order valence-corrected chi connectivity index (χ3v) is 5.56. The number of urea groups is 1. The molecular formula is C10H19N3O4S2. The molecule has 1 saturated heterocycles. The van der Waals surface area contributed by atoms with E-state index in [9.17, 15) is 14.9 Å². The molecule has 0 bridgehead atoms. The van der Waals surface area contributed by atoms with Crippen molar-refractivity contribution in [2.45, 2.75) is 30.9 Å². The monoisotopic (exact) mass is 309 g/mol. The molecule has 19 heavy (non-hydrogen) atoms. The molecule has 0 aliphatic carbocycles. The summed E-state index contributed by atoms with van der Waals surface area (Å²) in [6, 6.07) is -0.308. The van der Waals surface area contributed by atoms with Gasteiger partial charge in [0.25, 0.3) is 5.09 Å². The summed E-state index contributed by atoms with van der Waals surface area (Å²) in [4.78, 5) is 25.2. The fourth-order valence-corrected chi connectivity index (χ4v) is 4.64. The van der Waals surface area contributed by atoms with E-state index >= 15 is 0 Å². The number of hydrogen-bond acceptors (Lipinski definition) is 6. The highest BCUT2D eigenvalue weighted by atomic mass is 33.1. The zero-order chi connectivity index (χ0) is 13.9. The van der Waals surface area contributed by atoms with E-state index in [1.54, 1.807) is 0 Å². The van der Waals surface area contributed by atoms with Crippen LogP contribution < -0.4 is 10.6 Å². The number of rotatable bonds is 9. The van der Waals surface area contributed by atoms with Gasteiger partial charge in [0, 0.05) is 24.1 Å². The van der Waals surface area contributed by atoms with Crippen LogP contribution in [0.5, 0.6) is 0 Å². The maximum Gasteiger partial charge on any atom is 0.314 e. The molecule has 1 unspecified atom stereocenters. The molecular weight excluding hydrogens is 290 g/mol. The summed E-state index contributed by atoms with van der Waals surface area (Å²) in [5.41, 5.74) is 0. The Bertz CT molecular complexity index is 288. The summed E-state index contributed by atoms with van der Waals surface area (Å²) in [7, 11) is 3.91. The van der Waals surface area contributed by atoms with Gasteiger partial charge < -0.3 is 15.5 Å². The Morgan fingerprint density at radius 2 is 2.16 bits per heavy atom. The highest BCUT2D eigenvalue weighted by Gasteiger charge is 2.15. The van der Waals surface area contributed by atoms with Gasteiger partial charge in [0.1, 0.15) is 6.61 Å². The van der Waals surface area contributed by atoms with Crippen molar-refractivity contribution in [1.29, 1.82) is 0 Å². The Labute approximate surface area is 120 Å². The molecule has 1 heterocycles. The topological polar surface area (TPSA) is 93.5 Å². The van der Waals surface area contributed by atoms with E-state index in [0.717, 1.165) is 18.1 Å². The van der Waals surface area contributed by atoms with Crippen molar-refractivity contribution >= 4 is 27.6 Å². The van der Waals surface area contributed by atoms with Gasteiger partial charge in [0.05, 0.1) is 0 Å². The molecule has 1 aliphatic heterocycles. The largest absolute Gasteiger partial charge is 0.338 e. The van der Waals surface area contributed by atoms with Crippen molar-refractivity contribution < 1.29 is 14.7 Å². The number of carbonyl (C=O) groups excluding carboxylic acids is 1. The van der Waals surface area contributed by atoms with Crippen molar-refractivity contribution in [3.63, 3.8) is 0 Å². The number of nitrogens with zero attached hydrogens (tertiary/aromatic N) is 1. The Morgan fingerprint density at radius 1 is 1.37 bits per heavy atom. The zero-order valence-corrected chi connectivity index (χ0v) is 12.3. The van der Waals surface area contributed by atoms with Gasteiger partial charge in [-0.2, -0.15) is 0 Å². The van der Waals surface area contributed by atoms with Crippen molar-refractivity contribution in [1.82, 2.24) is 10.6 Å². The van der Waals surface area contributed by atoms with Gasteiger partial charge in [-0.15, -0.1) is 10.1 Å². The van der Waals surface area contributed by atoms with Crippen LogP contribution in [0.15, 0.2) is 0 Å². The van der Waals surface area contributed by atoms with Gasteiger partial charge in [-0.05, 0) is 19.3 Å². The quantitative estimate of drug-likeness (QED) is 0.292. The summed E-state index contributed by atoms with van der Waals surface area (Å²) in [6.45, 7) is 0.631. The van der Waals surface area contributed by atoms with Gasteiger partial charge >= 0.3 is 6.03 Å². The summed E-state index contributed by atoms with van der Waals surface area (Å²) in [5, 5.41) is 14.9. The van der Waals surface area contributed by atoms with Crippen LogP contribution in [-0.4, -0.2) is 41.8 Å². The molecule has 9 heteroatoms. The fraction of sp³-hybridized carbons (Fsp3) is 0.900. The predicted octanol–water partition coefficient (Wildman–Crippen LogP) is 1.82. The minimum atomic E-state index is -0.876. The second kappa shape index (κ2) is 10.0. The molecule has 110 valence electrons. The van der Waals surface area contributed by atoms with Gasteiger partial charge in [0.2, 0.25) is 0 Å². The third-order valence-electron chi connectivity index (χ3n) is 2.55. The van der Waals surface area contributed by atoms with Crippen molar-refractivity contribution in [2.75, 3.05) is 25.4 Å². The number of hydrogen-bond donors (Lipinski definition) is 2. The van der Waals surface area contributed by atoms with Crippen LogP contribution in [0.25, 0.3) is 0 Å². The zero-order valence-electron chi connectivity index (χ0n) is 10.6. The van der Waals surface area contributed by atoms with E-state index < -0.39 is 5.09 Å². The van der Waals surface area contributed by atoms with Crippen molar-refractivity contribution in [2.24, 2.45) is 0 Å². The van der Waals surface area contributed by atoms with Crippen LogP contribution in [0.4, 0.5) is 4.79 Å². The highest BCUT2D eigenvalue weighted by molar-refractivity contribution is 8.77. The molecule has 7 nitrogen and oxygen atoms in total. The number of unbranched alkanes of at least 4 members (excludes halogenated alkanes) is 1. The van der Waals surface area contributed by atoms with Crippen LogP contribution >= 0.6 is 21.6 Å². The standard InChI is InChI=1S/C10H19N3O4S2/c14-10(12-6-7-17-13(15)16)11-5-2-1-3-9-4-8-18-19-9/h9H,1-8H2,(H2,11,12,14). The average Bonchev–Trinajstić information content (AvgIpc) is 2.87. The molecule has 2 amide bonds. The molecule has 1 atom stereocenters. The number of amides is 2. The van der Waals surface area contributed by atoms with Crippen LogP contribution in [0.3, 0.4) is 0 Å². The average molecular weight is 309 g/mol. The van der Waals surface area contributed by atoms with Crippen LogP contribution in [-0.2, 0) is 4.84 Å². The Morgan fingerprint density at radius 3 is 2.84 bits per heavy atom. The molecule has 1 rings (SSSR count). The second-order valence-electron chi connectivity index (χ2n) is 4.06. The van der Waals surface area contributed by atoms with E-state index in [-0.39, 0.29) is 19.2 Å². The SMILES string of the molecule is O=C(NCCCCC1CCSS1)NCCO[N+](=O)[O-]. The summed E-state index contributed by atoms with van der Waals surface area (Å²) >= 11 is 0. The molecule has 2 N–H and O–H groups in total. The van der Waals surface area contributed by atoms with E-state index in [0.29, 0.717) is 6.54 Å². The molecule has 1 aliphatic rings. The first-order valence-corrected chi connectivity index (χ1v) is 8.64. The lowest BCUT2D eigenvalue weighted by Gasteiger charge is -2.08. The van der Waals surface area contributed by atoms with Crippen LogP contribution in [0.1, 0.15) is 25.7 Å². The molecule has 0 spiro atoms. The highest BCUT2D eigenvalue weighted by Crippen LogP contribution is 2.39. The summed E-state index contributed by atoms with van der Waals surface area (Å²) in [6.07, 6.45) is 4.57. The van der Waals surface area contributed by atoms with Gasteiger partial charge in [-0.1, -0.05) is 28.0 Å². The first kappa shape index (κ1) is 16.2. The predicted molar refractivity (Wildman–Crippen MR) is 76.7 cm³/mol. The van der Waals surface area contributed by atoms with E-state index in [1.807, 2.05) is 21.6 Å². The molecule has 0 aromatic heterocycles. The van der Waals surface area contributed by atoms with E-state index in [4.69, 9.17) is 0 Å². The minimum Gasteiger partial charge on any atom is -0.338 e. The molecule has 0 aromatic rings. The van der Waals surface area contributed by atoms with E-state index in [2.05, 4.69) is 15.5 Å². The second-order valence-corrected chi connectivity index (χ2v) is 6.85. The first-order valence-electron chi connectivity index (χ1n) is 6.26. The fourth-order valence-electron chi connectivity index (χ4n) is 1.61. The Hall–Kier alpha value is -0.830. The Kier molecular flexibility index (Phi) is 8.55. The maximum atomic E-state index is 11.3. The summed E-state index contributed by atoms with van der Waals surface area (Å²) < 4.78 is 0. The normalized spacial score (nSPS) is 18.0. The van der Waals surface area contributed by atoms with Gasteiger partial charge in [-0.3, -0.25) is 0 Å². The van der Waals surface area contributed by atoms with E-state index in [1.165, 1.54) is 18.6 Å². The van der Waals surface area contributed by atoms with Gasteiger partial charge in [-0.25, -0.2) is 4.79 Å². The molecule has 0 radical (unpaired) electrons.